The third kappa shape index (κ3) is 4.52. The molecule has 0 fully saturated rings. The van der Waals surface area contributed by atoms with Crippen molar-refractivity contribution < 1.29 is 14.3 Å². The minimum Gasteiger partial charge on any atom is -0.389 e. The molecule has 2 N–H and O–H groups in total. The van der Waals surface area contributed by atoms with E-state index in [0.717, 1.165) is 0 Å². The Balaban J connectivity index is 2.77. The smallest absolute Gasteiger partial charge is 0.239 e. The fraction of sp³-hybridized carbons (Fsp3) is 0.500. The summed E-state index contributed by atoms with van der Waals surface area (Å²) in [5.41, 5.74) is 0.851. The molecule has 0 unspecified atom stereocenters. The van der Waals surface area contributed by atoms with E-state index in [9.17, 15) is 14.3 Å². The topological polar surface area (TPSA) is 52.6 Å². The highest BCUT2D eigenvalue weighted by atomic mass is 19.1. The van der Waals surface area contributed by atoms with Gasteiger partial charge < -0.3 is 15.3 Å². The molecule has 0 bridgehead atoms. The molecule has 4 nitrogen and oxygen atoms in total. The number of aliphatic hydroxyl groups is 1. The van der Waals surface area contributed by atoms with E-state index in [1.165, 1.54) is 6.07 Å². The predicted molar refractivity (Wildman–Crippen MR) is 73.6 cm³/mol. The van der Waals surface area contributed by atoms with E-state index in [1.807, 2.05) is 13.8 Å². The highest BCUT2D eigenvalue weighted by Crippen LogP contribution is 2.22. The lowest BCUT2D eigenvalue weighted by molar-refractivity contribution is -0.120. The number of likely N-dealkylation sites (N-methyl/N-ethyl adjacent to an activating group) is 1. The molecule has 0 saturated carbocycles. The van der Waals surface area contributed by atoms with Crippen LogP contribution in [0.5, 0.6) is 0 Å². The zero-order valence-electron chi connectivity index (χ0n) is 11.8. The van der Waals surface area contributed by atoms with E-state index < -0.39 is 11.9 Å². The first-order chi connectivity index (χ1) is 8.81. The Labute approximate surface area is 113 Å². The monoisotopic (exact) mass is 268 g/mol. The van der Waals surface area contributed by atoms with Crippen molar-refractivity contribution in [2.75, 3.05) is 18.5 Å². The second kappa shape index (κ2) is 6.52. The standard InChI is InChI=1S/C14H21FN2O2/c1-9(2)16-14(19)8-17(4)13-6-5-11(10(3)18)7-12(13)15/h5-7,9-10,18H,8H2,1-4H3,(H,16,19)/t10-/m0/s1. The van der Waals surface area contributed by atoms with Crippen LogP contribution in [0.3, 0.4) is 0 Å². The number of anilines is 1. The van der Waals surface area contributed by atoms with Crippen LogP contribution in [-0.4, -0.2) is 30.6 Å². The summed E-state index contributed by atoms with van der Waals surface area (Å²) in [6.45, 7) is 5.41. The third-order valence-electron chi connectivity index (χ3n) is 2.70. The highest BCUT2D eigenvalue weighted by Gasteiger charge is 2.13. The van der Waals surface area contributed by atoms with E-state index in [2.05, 4.69) is 5.32 Å². The number of rotatable bonds is 5. The molecule has 0 aliphatic heterocycles. The molecule has 0 heterocycles. The Bertz CT molecular complexity index is 447. The number of carbonyl (C=O) groups is 1. The number of aliphatic hydroxyl groups excluding tert-OH is 1. The lowest BCUT2D eigenvalue weighted by atomic mass is 10.1. The molecule has 1 amide bonds. The van der Waals surface area contributed by atoms with Crippen LogP contribution in [0.4, 0.5) is 10.1 Å². The molecule has 1 aromatic carbocycles. The molecule has 0 radical (unpaired) electrons. The molecular weight excluding hydrogens is 247 g/mol. The molecule has 106 valence electrons. The average molecular weight is 268 g/mol. The van der Waals surface area contributed by atoms with Gasteiger partial charge >= 0.3 is 0 Å². The van der Waals surface area contributed by atoms with Gasteiger partial charge in [0.25, 0.3) is 0 Å². The van der Waals surface area contributed by atoms with Gasteiger partial charge in [0.05, 0.1) is 18.3 Å². The van der Waals surface area contributed by atoms with Crippen LogP contribution in [0.15, 0.2) is 18.2 Å². The molecule has 0 aliphatic rings. The molecule has 1 atom stereocenters. The molecule has 0 aromatic heterocycles. The maximum atomic E-state index is 13.9. The SMILES string of the molecule is CC(C)NC(=O)CN(C)c1ccc([C@H](C)O)cc1F. The molecule has 0 aliphatic carbocycles. The van der Waals surface area contributed by atoms with Crippen molar-refractivity contribution in [2.45, 2.75) is 32.9 Å². The van der Waals surface area contributed by atoms with Crippen molar-refractivity contribution in [2.24, 2.45) is 0 Å². The second-order valence-electron chi connectivity index (χ2n) is 4.97. The highest BCUT2D eigenvalue weighted by molar-refractivity contribution is 5.81. The number of nitrogens with one attached hydrogen (secondary N) is 1. The summed E-state index contributed by atoms with van der Waals surface area (Å²) in [5, 5.41) is 12.1. The van der Waals surface area contributed by atoms with Gasteiger partial charge in [0.1, 0.15) is 5.82 Å². The molecule has 1 aromatic rings. The van der Waals surface area contributed by atoms with Crippen molar-refractivity contribution in [3.8, 4) is 0 Å². The van der Waals surface area contributed by atoms with Crippen LogP contribution in [0.1, 0.15) is 32.4 Å². The number of hydrogen-bond donors (Lipinski definition) is 2. The van der Waals surface area contributed by atoms with Gasteiger partial charge in [-0.25, -0.2) is 4.39 Å². The maximum Gasteiger partial charge on any atom is 0.239 e. The fourth-order valence-corrected chi connectivity index (χ4v) is 1.76. The van der Waals surface area contributed by atoms with Gasteiger partial charge in [-0.2, -0.15) is 0 Å². The minimum atomic E-state index is -0.710. The van der Waals surface area contributed by atoms with Crippen LogP contribution < -0.4 is 10.2 Å². The summed E-state index contributed by atoms with van der Waals surface area (Å²) in [7, 11) is 1.65. The van der Waals surface area contributed by atoms with E-state index in [0.29, 0.717) is 11.3 Å². The second-order valence-corrected chi connectivity index (χ2v) is 4.97. The summed E-state index contributed by atoms with van der Waals surface area (Å²) in [6, 6.07) is 4.57. The number of amides is 1. The van der Waals surface area contributed by atoms with Gasteiger partial charge in [-0.15, -0.1) is 0 Å². The van der Waals surface area contributed by atoms with Gasteiger partial charge in [0.2, 0.25) is 5.91 Å². The normalized spacial score (nSPS) is 12.4. The predicted octanol–water partition coefficient (Wildman–Crippen LogP) is 1.84. The molecule has 0 spiro atoms. The van der Waals surface area contributed by atoms with Crippen molar-refractivity contribution in [1.29, 1.82) is 0 Å². The lowest BCUT2D eigenvalue weighted by Gasteiger charge is -2.21. The maximum absolute atomic E-state index is 13.9. The Kier molecular flexibility index (Phi) is 5.30. The molecular formula is C14H21FN2O2. The van der Waals surface area contributed by atoms with E-state index in [-0.39, 0.29) is 18.5 Å². The van der Waals surface area contributed by atoms with Gasteiger partial charge in [0, 0.05) is 13.1 Å². The van der Waals surface area contributed by atoms with Crippen LogP contribution in [0.25, 0.3) is 0 Å². The Hall–Kier alpha value is -1.62. The Morgan fingerprint density at radius 2 is 2.05 bits per heavy atom. The van der Waals surface area contributed by atoms with E-state index >= 15 is 0 Å². The first kappa shape index (κ1) is 15.4. The van der Waals surface area contributed by atoms with Gasteiger partial charge in [-0.3, -0.25) is 4.79 Å². The van der Waals surface area contributed by atoms with E-state index in [4.69, 9.17) is 0 Å². The molecule has 19 heavy (non-hydrogen) atoms. The van der Waals surface area contributed by atoms with Crippen molar-refractivity contribution in [1.82, 2.24) is 5.32 Å². The minimum absolute atomic E-state index is 0.0587. The summed E-state index contributed by atoms with van der Waals surface area (Å²) >= 11 is 0. The average Bonchev–Trinajstić information content (AvgIpc) is 2.26. The molecule has 1 rings (SSSR count). The van der Waals surface area contributed by atoms with Crippen LogP contribution >= 0.6 is 0 Å². The van der Waals surface area contributed by atoms with Gasteiger partial charge in [0.15, 0.2) is 0 Å². The Morgan fingerprint density at radius 3 is 2.53 bits per heavy atom. The number of halogens is 1. The third-order valence-corrected chi connectivity index (χ3v) is 2.70. The number of hydrogen-bond acceptors (Lipinski definition) is 3. The zero-order valence-corrected chi connectivity index (χ0v) is 11.8. The van der Waals surface area contributed by atoms with Crippen LogP contribution in [-0.2, 0) is 4.79 Å². The molecule has 5 heteroatoms. The summed E-state index contributed by atoms with van der Waals surface area (Å²) in [6.07, 6.45) is -0.710. The number of benzene rings is 1. The molecule has 0 saturated heterocycles. The van der Waals surface area contributed by atoms with Crippen LogP contribution in [0, 0.1) is 5.82 Å². The zero-order chi connectivity index (χ0) is 14.6. The van der Waals surface area contributed by atoms with Crippen LogP contribution in [0.2, 0.25) is 0 Å². The summed E-state index contributed by atoms with van der Waals surface area (Å²) in [5.74, 6) is -0.602. The Morgan fingerprint density at radius 1 is 1.42 bits per heavy atom. The van der Waals surface area contributed by atoms with Crippen molar-refractivity contribution in [3.63, 3.8) is 0 Å². The lowest BCUT2D eigenvalue weighted by Crippen LogP contribution is -2.38. The first-order valence-electron chi connectivity index (χ1n) is 6.29. The quantitative estimate of drug-likeness (QED) is 0.856. The first-order valence-corrected chi connectivity index (χ1v) is 6.29. The number of nitrogens with zero attached hydrogens (tertiary/aromatic N) is 1. The van der Waals surface area contributed by atoms with E-state index in [1.54, 1.807) is 31.0 Å². The number of carbonyl (C=O) groups excluding carboxylic acids is 1. The summed E-state index contributed by atoms with van der Waals surface area (Å²) < 4.78 is 13.9. The van der Waals surface area contributed by atoms with Crippen molar-refractivity contribution >= 4 is 11.6 Å². The van der Waals surface area contributed by atoms with Crippen molar-refractivity contribution in [3.05, 3.63) is 29.6 Å². The van der Waals surface area contributed by atoms with Gasteiger partial charge in [-0.05, 0) is 38.5 Å². The largest absolute Gasteiger partial charge is 0.389 e. The summed E-state index contributed by atoms with van der Waals surface area (Å²) in [4.78, 5) is 13.1. The fourth-order valence-electron chi connectivity index (χ4n) is 1.76. The van der Waals surface area contributed by atoms with Gasteiger partial charge in [-0.1, -0.05) is 6.07 Å².